The molecule has 8 nitrogen and oxygen atoms in total. The van der Waals surface area contributed by atoms with Gasteiger partial charge in [0.25, 0.3) is 5.91 Å². The molecule has 4 N–H and O–H groups in total. The predicted octanol–water partition coefficient (Wildman–Crippen LogP) is 2.58. The number of ketones is 1. The maximum atomic E-state index is 13.8. The van der Waals surface area contributed by atoms with Gasteiger partial charge in [-0.25, -0.2) is 8.78 Å². The fraction of sp³-hybridized carbons (Fsp3) is 0.500. The lowest BCUT2D eigenvalue weighted by molar-refractivity contribution is -0.128. The van der Waals surface area contributed by atoms with E-state index >= 15 is 0 Å². The Bertz CT molecular complexity index is 1080. The Morgan fingerprint density at radius 2 is 1.85 bits per heavy atom. The zero-order valence-corrected chi connectivity index (χ0v) is 19.3. The number of H-pyrrole nitrogens is 1. The summed E-state index contributed by atoms with van der Waals surface area (Å²) in [5, 5.41) is 7.81. The first kappa shape index (κ1) is 25.3. The third-order valence-electron chi connectivity index (χ3n) is 5.92. The lowest BCUT2D eigenvalue weighted by Crippen LogP contribution is -2.46. The second-order valence-corrected chi connectivity index (χ2v) is 8.85. The van der Waals surface area contributed by atoms with Gasteiger partial charge in [-0.1, -0.05) is 26.7 Å². The number of hydrogen-bond acceptors (Lipinski definition) is 4. The Morgan fingerprint density at radius 1 is 1.15 bits per heavy atom. The first-order valence-electron chi connectivity index (χ1n) is 11.5. The number of rotatable bonds is 8. The first-order chi connectivity index (χ1) is 16.2. The summed E-state index contributed by atoms with van der Waals surface area (Å²) in [6, 6.07) is 2.23. The van der Waals surface area contributed by atoms with E-state index in [9.17, 15) is 28.0 Å². The van der Waals surface area contributed by atoms with Crippen LogP contribution in [0.4, 0.5) is 8.78 Å². The molecule has 3 amide bonds. The molecule has 0 radical (unpaired) electrons. The Kier molecular flexibility index (Phi) is 8.36. The van der Waals surface area contributed by atoms with Gasteiger partial charge >= 0.3 is 0 Å². The molecule has 184 valence electrons. The predicted molar refractivity (Wildman–Crippen MR) is 122 cm³/mol. The molecule has 2 fully saturated rings. The number of Topliss-reactive ketones (excluding diaryl/α,β-unsaturated/α-hetero) is 1. The molecule has 1 saturated carbocycles. The fourth-order valence-electron chi connectivity index (χ4n) is 3.63. The van der Waals surface area contributed by atoms with Gasteiger partial charge in [-0.05, 0) is 30.9 Å². The molecule has 2 atom stereocenters. The van der Waals surface area contributed by atoms with E-state index in [1.54, 1.807) is 6.92 Å². The highest BCUT2D eigenvalue weighted by Crippen LogP contribution is 2.26. The molecule has 2 aromatic rings. The lowest BCUT2D eigenvalue weighted by atomic mass is 9.95. The third kappa shape index (κ3) is 6.85. The van der Waals surface area contributed by atoms with E-state index < -0.39 is 36.0 Å². The maximum Gasteiger partial charge on any atom is 0.268 e. The summed E-state index contributed by atoms with van der Waals surface area (Å²) >= 11 is 0. The van der Waals surface area contributed by atoms with Gasteiger partial charge in [-0.2, -0.15) is 0 Å². The normalized spacial score (nSPS) is 18.0. The lowest BCUT2D eigenvalue weighted by Gasteiger charge is -2.19. The van der Waals surface area contributed by atoms with E-state index in [-0.39, 0.29) is 47.0 Å². The molecule has 4 rings (SSSR count). The highest BCUT2D eigenvalue weighted by atomic mass is 19.1. The van der Waals surface area contributed by atoms with E-state index in [0.29, 0.717) is 19.0 Å². The van der Waals surface area contributed by atoms with Crippen LogP contribution in [0.25, 0.3) is 10.9 Å². The summed E-state index contributed by atoms with van der Waals surface area (Å²) in [5.74, 6) is -2.50. The van der Waals surface area contributed by atoms with Gasteiger partial charge in [0.1, 0.15) is 17.3 Å². The molecule has 1 saturated heterocycles. The smallest absolute Gasteiger partial charge is 0.268 e. The summed E-state index contributed by atoms with van der Waals surface area (Å²) in [4.78, 5) is 51.0. The number of fused-ring (bicyclic) bond motifs is 1. The summed E-state index contributed by atoms with van der Waals surface area (Å²) in [7, 11) is 0. The zero-order valence-electron chi connectivity index (χ0n) is 19.3. The van der Waals surface area contributed by atoms with Crippen molar-refractivity contribution in [2.75, 3.05) is 13.1 Å². The van der Waals surface area contributed by atoms with Crippen molar-refractivity contribution in [3.63, 3.8) is 0 Å². The van der Waals surface area contributed by atoms with Gasteiger partial charge in [0.15, 0.2) is 5.78 Å². The van der Waals surface area contributed by atoms with Crippen molar-refractivity contribution >= 4 is 34.4 Å². The van der Waals surface area contributed by atoms with Gasteiger partial charge in [0.2, 0.25) is 11.8 Å². The van der Waals surface area contributed by atoms with Crippen molar-refractivity contribution in [3.8, 4) is 0 Å². The summed E-state index contributed by atoms with van der Waals surface area (Å²) in [5.41, 5.74) is -0.0550. The van der Waals surface area contributed by atoms with Gasteiger partial charge in [-0.15, -0.1) is 0 Å². The number of hydrogen-bond donors (Lipinski definition) is 4. The van der Waals surface area contributed by atoms with Crippen molar-refractivity contribution in [1.29, 1.82) is 0 Å². The van der Waals surface area contributed by atoms with E-state index in [4.69, 9.17) is 0 Å². The van der Waals surface area contributed by atoms with E-state index in [1.807, 2.05) is 0 Å². The van der Waals surface area contributed by atoms with E-state index in [0.717, 1.165) is 12.0 Å². The molecular formula is C24H30F2N4O4. The van der Waals surface area contributed by atoms with Crippen molar-refractivity contribution in [3.05, 3.63) is 35.5 Å². The Hall–Kier alpha value is -3.30. The fourth-order valence-corrected chi connectivity index (χ4v) is 3.63. The molecule has 1 aliphatic carbocycles. The number of carbonyl (C=O) groups is 4. The molecule has 1 unspecified atom stereocenters. The number of carbonyl (C=O) groups excluding carboxylic acids is 4. The van der Waals surface area contributed by atoms with Crippen LogP contribution >= 0.6 is 0 Å². The highest BCUT2D eigenvalue weighted by Gasteiger charge is 2.30. The third-order valence-corrected chi connectivity index (χ3v) is 5.92. The number of benzene rings is 1. The van der Waals surface area contributed by atoms with E-state index in [2.05, 4.69) is 27.9 Å². The van der Waals surface area contributed by atoms with Crippen LogP contribution < -0.4 is 16.0 Å². The molecule has 1 aromatic carbocycles. The Labute approximate surface area is 196 Å². The topological polar surface area (TPSA) is 120 Å². The van der Waals surface area contributed by atoms with Gasteiger partial charge in [0, 0.05) is 30.3 Å². The van der Waals surface area contributed by atoms with Crippen LogP contribution in [-0.4, -0.2) is 47.6 Å². The second-order valence-electron chi connectivity index (χ2n) is 8.85. The number of nitrogens with one attached hydrogen (secondary N) is 4. The highest BCUT2D eigenvalue weighted by molar-refractivity contribution is 6.00. The van der Waals surface area contributed by atoms with Gasteiger partial charge in [0.05, 0.1) is 18.1 Å². The molecule has 1 aliphatic heterocycles. The Morgan fingerprint density at radius 3 is 2.44 bits per heavy atom. The van der Waals surface area contributed by atoms with Crippen LogP contribution in [0.2, 0.25) is 0 Å². The molecule has 2 aliphatic rings. The number of amides is 3. The van der Waals surface area contributed by atoms with E-state index in [1.165, 1.54) is 18.9 Å². The SMILES string of the molecule is CC1CC1.CCC(=O)[C@H](CC1CCNC1=O)NC(=O)CNC(=O)c1cc2cc(F)cc(F)c2[nH]1. The number of aromatic nitrogens is 1. The molecule has 0 spiro atoms. The molecular weight excluding hydrogens is 446 g/mol. The average molecular weight is 477 g/mol. The quantitative estimate of drug-likeness (QED) is 0.468. The second kappa shape index (κ2) is 11.2. The summed E-state index contributed by atoms with van der Waals surface area (Å²) in [6.07, 6.45) is 3.96. The molecule has 34 heavy (non-hydrogen) atoms. The Balaban J connectivity index is 0.000000732. The molecule has 0 bridgehead atoms. The van der Waals surface area contributed by atoms with Crippen LogP contribution in [0, 0.1) is 23.5 Å². The molecule has 2 heterocycles. The van der Waals surface area contributed by atoms with Crippen molar-refractivity contribution < 1.29 is 28.0 Å². The molecule has 1 aromatic heterocycles. The monoisotopic (exact) mass is 476 g/mol. The maximum absolute atomic E-state index is 13.8. The number of aromatic amines is 1. The van der Waals surface area contributed by atoms with Gasteiger partial charge in [-0.3, -0.25) is 19.2 Å². The summed E-state index contributed by atoms with van der Waals surface area (Å²) in [6.45, 7) is 4.06. The van der Waals surface area contributed by atoms with Crippen molar-refractivity contribution in [2.24, 2.45) is 11.8 Å². The summed E-state index contributed by atoms with van der Waals surface area (Å²) < 4.78 is 27.0. The van der Waals surface area contributed by atoms with Crippen LogP contribution in [0.3, 0.4) is 0 Å². The zero-order chi connectivity index (χ0) is 24.8. The van der Waals surface area contributed by atoms with Crippen molar-refractivity contribution in [2.45, 2.75) is 52.0 Å². The largest absolute Gasteiger partial charge is 0.356 e. The van der Waals surface area contributed by atoms with Crippen LogP contribution in [-0.2, 0) is 14.4 Å². The van der Waals surface area contributed by atoms with Crippen molar-refractivity contribution in [1.82, 2.24) is 20.9 Å². The van der Waals surface area contributed by atoms with Gasteiger partial charge < -0.3 is 20.9 Å². The molecule has 10 heteroatoms. The number of halogens is 2. The van der Waals surface area contributed by atoms with Crippen LogP contribution in [0.1, 0.15) is 56.4 Å². The standard InChI is InChI=1S/C20H22F2N4O4.C4H8/c1-2-16(27)14(6-10-3-4-23-19(10)29)25-17(28)9-24-20(30)15-7-11-5-12(21)8-13(22)18(11)26-15;1-4-2-3-4/h5,7-8,10,14,26H,2-4,6,9H2,1H3,(H,23,29)(H,24,30)(H,25,28);4H,2-3H2,1H3/t10?,14-;/m0./s1. The minimum absolute atomic E-state index is 0.0190. The van der Waals surface area contributed by atoms with Crippen LogP contribution in [0.15, 0.2) is 18.2 Å². The minimum atomic E-state index is -0.835. The van der Waals surface area contributed by atoms with Crippen LogP contribution in [0.5, 0.6) is 0 Å². The minimum Gasteiger partial charge on any atom is -0.356 e. The average Bonchev–Trinajstić information content (AvgIpc) is 3.28. The first-order valence-corrected chi connectivity index (χ1v) is 11.5.